The fourth-order valence-electron chi connectivity index (χ4n) is 4.78. The lowest BCUT2D eigenvalue weighted by Crippen LogP contribution is -2.47. The highest BCUT2D eigenvalue weighted by molar-refractivity contribution is 6.00. The van der Waals surface area contributed by atoms with Gasteiger partial charge in [-0.3, -0.25) is 9.59 Å². The number of amides is 2. The van der Waals surface area contributed by atoms with Crippen molar-refractivity contribution < 1.29 is 23.8 Å². The van der Waals surface area contributed by atoms with Crippen molar-refractivity contribution in [3.63, 3.8) is 0 Å². The van der Waals surface area contributed by atoms with Crippen LogP contribution in [-0.2, 0) is 9.59 Å². The van der Waals surface area contributed by atoms with E-state index in [1.807, 2.05) is 68.4 Å². The normalized spacial score (nSPS) is 17.5. The molecule has 0 unspecified atom stereocenters. The lowest BCUT2D eigenvalue weighted by atomic mass is 9.82. The van der Waals surface area contributed by atoms with E-state index in [1.165, 1.54) is 0 Å². The maximum absolute atomic E-state index is 13.8. The smallest absolute Gasteiger partial charge is 0.229 e. The van der Waals surface area contributed by atoms with Crippen molar-refractivity contribution in [1.82, 2.24) is 0 Å². The molecular formula is C29H32N2O5. The van der Waals surface area contributed by atoms with Gasteiger partial charge >= 0.3 is 0 Å². The molecule has 1 fully saturated rings. The minimum Gasteiger partial charge on any atom is -0.496 e. The van der Waals surface area contributed by atoms with Crippen molar-refractivity contribution in [1.29, 1.82) is 0 Å². The van der Waals surface area contributed by atoms with Crippen LogP contribution in [0.2, 0.25) is 0 Å². The number of hydrogen-bond donors (Lipinski definition) is 1. The van der Waals surface area contributed by atoms with E-state index >= 15 is 0 Å². The van der Waals surface area contributed by atoms with Crippen LogP contribution in [-0.4, -0.2) is 33.1 Å². The molecule has 0 spiro atoms. The van der Waals surface area contributed by atoms with Crippen molar-refractivity contribution in [3.05, 3.63) is 77.4 Å². The molecule has 0 radical (unpaired) electrons. The van der Waals surface area contributed by atoms with E-state index in [2.05, 4.69) is 5.32 Å². The molecule has 1 aliphatic rings. The molecule has 1 N–H and O–H groups in total. The summed E-state index contributed by atoms with van der Waals surface area (Å²) in [7, 11) is 4.73. The number of carbonyl (C=O) groups excluding carboxylic acids is 2. The average Bonchev–Trinajstić information content (AvgIpc) is 2.89. The van der Waals surface area contributed by atoms with Gasteiger partial charge in [0.2, 0.25) is 11.8 Å². The Balaban J connectivity index is 1.77. The number of ether oxygens (including phenoxy) is 3. The highest BCUT2D eigenvalue weighted by Gasteiger charge is 2.42. The molecule has 0 bridgehead atoms. The fourth-order valence-corrected chi connectivity index (χ4v) is 4.78. The van der Waals surface area contributed by atoms with Crippen LogP contribution in [0.15, 0.2) is 60.7 Å². The summed E-state index contributed by atoms with van der Waals surface area (Å²) in [6.07, 6.45) is 0.685. The summed E-state index contributed by atoms with van der Waals surface area (Å²) in [5.41, 5.74) is 4.11. The number of methoxy groups -OCH3 is 3. The number of piperidine rings is 1. The molecule has 7 nitrogen and oxygen atoms in total. The summed E-state index contributed by atoms with van der Waals surface area (Å²) >= 11 is 0. The van der Waals surface area contributed by atoms with E-state index in [0.29, 0.717) is 29.4 Å². The van der Waals surface area contributed by atoms with E-state index in [9.17, 15) is 9.59 Å². The molecular weight excluding hydrogens is 456 g/mol. The van der Waals surface area contributed by atoms with Crippen LogP contribution in [0.5, 0.6) is 17.2 Å². The second kappa shape index (κ2) is 10.7. The summed E-state index contributed by atoms with van der Waals surface area (Å²) < 4.78 is 16.5. The predicted octanol–water partition coefficient (Wildman–Crippen LogP) is 5.45. The third-order valence-electron chi connectivity index (χ3n) is 6.69. The number of nitrogens with one attached hydrogen (secondary N) is 1. The van der Waals surface area contributed by atoms with E-state index < -0.39 is 12.0 Å². The number of rotatable bonds is 7. The van der Waals surface area contributed by atoms with Crippen molar-refractivity contribution >= 4 is 23.2 Å². The summed E-state index contributed by atoms with van der Waals surface area (Å²) in [6.45, 7) is 3.90. The molecule has 2 atom stereocenters. The van der Waals surface area contributed by atoms with Crippen LogP contribution >= 0.6 is 0 Å². The Morgan fingerprint density at radius 3 is 2.19 bits per heavy atom. The van der Waals surface area contributed by atoms with Crippen LogP contribution in [0, 0.1) is 19.8 Å². The van der Waals surface area contributed by atoms with E-state index in [0.717, 1.165) is 22.4 Å². The van der Waals surface area contributed by atoms with Gasteiger partial charge in [-0.1, -0.05) is 35.9 Å². The summed E-state index contributed by atoms with van der Waals surface area (Å²) in [5.74, 6) is 1.04. The first-order valence-electron chi connectivity index (χ1n) is 11.9. The molecule has 1 heterocycles. The van der Waals surface area contributed by atoms with Crippen LogP contribution in [0.3, 0.4) is 0 Å². The van der Waals surface area contributed by atoms with Crippen LogP contribution in [0.25, 0.3) is 0 Å². The largest absolute Gasteiger partial charge is 0.496 e. The Kier molecular flexibility index (Phi) is 7.48. The minimum absolute atomic E-state index is 0.0268. The average molecular weight is 489 g/mol. The second-order valence-corrected chi connectivity index (χ2v) is 8.94. The van der Waals surface area contributed by atoms with Gasteiger partial charge in [-0.25, -0.2) is 0 Å². The molecule has 188 valence electrons. The molecule has 0 aromatic heterocycles. The van der Waals surface area contributed by atoms with Gasteiger partial charge < -0.3 is 24.4 Å². The number of carbonyl (C=O) groups is 2. The maximum atomic E-state index is 13.8. The Morgan fingerprint density at radius 1 is 0.889 bits per heavy atom. The zero-order valence-electron chi connectivity index (χ0n) is 21.3. The lowest BCUT2D eigenvalue weighted by Gasteiger charge is -2.41. The number of aryl methyl sites for hydroxylation is 2. The van der Waals surface area contributed by atoms with Gasteiger partial charge in [-0.15, -0.1) is 0 Å². The Morgan fingerprint density at radius 2 is 1.53 bits per heavy atom. The summed E-state index contributed by atoms with van der Waals surface area (Å²) in [5, 5.41) is 3.09. The first-order valence-corrected chi connectivity index (χ1v) is 11.9. The molecule has 4 rings (SSSR count). The Bertz CT molecular complexity index is 1260. The fraction of sp³-hybridized carbons (Fsp3) is 0.310. The van der Waals surface area contributed by atoms with E-state index in [-0.39, 0.29) is 18.2 Å². The van der Waals surface area contributed by atoms with Gasteiger partial charge in [0, 0.05) is 29.4 Å². The van der Waals surface area contributed by atoms with Crippen molar-refractivity contribution in [2.45, 2.75) is 32.7 Å². The molecule has 1 saturated heterocycles. The highest BCUT2D eigenvalue weighted by atomic mass is 16.5. The van der Waals surface area contributed by atoms with Crippen LogP contribution in [0.4, 0.5) is 11.4 Å². The van der Waals surface area contributed by atoms with Gasteiger partial charge in [0.05, 0.1) is 33.3 Å². The van der Waals surface area contributed by atoms with Crippen molar-refractivity contribution in [2.75, 3.05) is 31.5 Å². The molecule has 36 heavy (non-hydrogen) atoms. The lowest BCUT2D eigenvalue weighted by molar-refractivity contribution is -0.126. The Labute approximate surface area is 212 Å². The van der Waals surface area contributed by atoms with E-state index in [4.69, 9.17) is 14.2 Å². The summed E-state index contributed by atoms with van der Waals surface area (Å²) in [6, 6.07) is 18.4. The number of benzene rings is 3. The number of para-hydroxylation sites is 1. The molecule has 0 saturated carbocycles. The third-order valence-corrected chi connectivity index (χ3v) is 6.69. The SMILES string of the molecule is COc1cc(C)c(NC(=O)[C@H]2CCC(=O)N(c3ccc(C)cc3)[C@@H]2c2ccccc2OC)cc1OC. The molecule has 2 amide bonds. The zero-order valence-corrected chi connectivity index (χ0v) is 21.3. The van der Waals surface area contributed by atoms with E-state index in [1.54, 1.807) is 32.3 Å². The first kappa shape index (κ1) is 25.1. The number of hydrogen-bond acceptors (Lipinski definition) is 5. The van der Waals surface area contributed by atoms with Gasteiger partial charge in [-0.2, -0.15) is 0 Å². The van der Waals surface area contributed by atoms with Gasteiger partial charge in [0.25, 0.3) is 0 Å². The number of nitrogens with zero attached hydrogens (tertiary/aromatic N) is 1. The molecule has 7 heteroatoms. The molecule has 3 aromatic rings. The van der Waals surface area contributed by atoms with Gasteiger partial charge in [0.1, 0.15) is 5.75 Å². The van der Waals surface area contributed by atoms with Crippen molar-refractivity contribution in [3.8, 4) is 17.2 Å². The maximum Gasteiger partial charge on any atom is 0.229 e. The standard InChI is InChI=1S/C29H32N2O5/c1-18-10-12-20(13-11-18)31-27(32)15-14-22(28(31)21-8-6-7-9-24(21)34-3)29(33)30-23-17-26(36-5)25(35-4)16-19(23)2/h6-13,16-17,22,28H,14-15H2,1-5H3,(H,30,33)/t22-,28+/m0/s1. The minimum atomic E-state index is -0.537. The molecule has 3 aromatic carbocycles. The van der Waals surface area contributed by atoms with Crippen LogP contribution < -0.4 is 24.4 Å². The van der Waals surface area contributed by atoms with Gasteiger partial charge in [-0.05, 0) is 50.1 Å². The van der Waals surface area contributed by atoms with Crippen molar-refractivity contribution in [2.24, 2.45) is 5.92 Å². The zero-order chi connectivity index (χ0) is 25.8. The topological polar surface area (TPSA) is 77.1 Å². The highest BCUT2D eigenvalue weighted by Crippen LogP contribution is 2.44. The van der Waals surface area contributed by atoms with Gasteiger partial charge in [0.15, 0.2) is 11.5 Å². The second-order valence-electron chi connectivity index (χ2n) is 8.94. The summed E-state index contributed by atoms with van der Waals surface area (Å²) in [4.78, 5) is 28.9. The predicted molar refractivity (Wildman–Crippen MR) is 140 cm³/mol. The molecule has 1 aliphatic heterocycles. The Hall–Kier alpha value is -4.00. The molecule has 0 aliphatic carbocycles. The monoisotopic (exact) mass is 488 g/mol. The first-order chi connectivity index (χ1) is 17.4. The number of anilines is 2. The third kappa shape index (κ3) is 4.87. The quantitative estimate of drug-likeness (QED) is 0.478. The van der Waals surface area contributed by atoms with Crippen LogP contribution in [0.1, 0.15) is 35.6 Å².